The quantitative estimate of drug-likeness (QED) is 0.661. The van der Waals surface area contributed by atoms with Crippen molar-refractivity contribution in [3.05, 3.63) is 29.9 Å². The predicted octanol–water partition coefficient (Wildman–Crippen LogP) is 1.42. The number of aryl methyl sites for hydroxylation is 1. The minimum atomic E-state index is -0.0515. The number of carbonyl (C=O) groups excluding carboxylic acids is 1. The Labute approximate surface area is 164 Å². The summed E-state index contributed by atoms with van der Waals surface area (Å²) in [6.45, 7) is 4.28. The topological polar surface area (TPSA) is 95.5 Å². The van der Waals surface area contributed by atoms with Crippen molar-refractivity contribution >= 4 is 5.91 Å². The fraction of sp³-hybridized carbons (Fsp3) is 0.684. The number of hydrogen-bond acceptors (Lipinski definition) is 7. The molecule has 28 heavy (non-hydrogen) atoms. The minimum absolute atomic E-state index is 0.0515. The van der Waals surface area contributed by atoms with Crippen molar-refractivity contribution < 1.29 is 18.8 Å². The van der Waals surface area contributed by atoms with Crippen molar-refractivity contribution in [1.82, 2.24) is 24.6 Å². The predicted molar refractivity (Wildman–Crippen MR) is 98.8 cm³/mol. The summed E-state index contributed by atoms with van der Waals surface area (Å²) in [5, 5.41) is 4.07. The summed E-state index contributed by atoms with van der Waals surface area (Å²) < 4.78 is 18.3. The molecule has 0 radical (unpaired) electrons. The van der Waals surface area contributed by atoms with E-state index in [1.54, 1.807) is 22.0 Å². The van der Waals surface area contributed by atoms with Crippen LogP contribution in [0.5, 0.6) is 0 Å². The molecule has 2 aliphatic rings. The molecule has 0 aromatic carbocycles. The molecule has 0 saturated carbocycles. The molecule has 1 atom stereocenters. The minimum Gasteiger partial charge on any atom is -0.381 e. The van der Waals surface area contributed by atoms with Gasteiger partial charge < -0.3 is 23.5 Å². The molecule has 2 saturated heterocycles. The Balaban J connectivity index is 1.22. The lowest BCUT2D eigenvalue weighted by molar-refractivity contribution is 0.0211. The Bertz CT molecular complexity index is 783. The maximum Gasteiger partial charge on any atom is 0.274 e. The Kier molecular flexibility index (Phi) is 6.01. The van der Waals surface area contributed by atoms with E-state index < -0.39 is 0 Å². The molecule has 4 heterocycles. The zero-order chi connectivity index (χ0) is 19.3. The molecule has 0 aliphatic carbocycles. The molecule has 4 rings (SSSR count). The first-order chi connectivity index (χ1) is 13.7. The molecule has 9 nitrogen and oxygen atoms in total. The summed E-state index contributed by atoms with van der Waals surface area (Å²) in [7, 11) is 1.85. The number of carbonyl (C=O) groups is 1. The van der Waals surface area contributed by atoms with Gasteiger partial charge in [0, 0.05) is 52.6 Å². The van der Waals surface area contributed by atoms with Gasteiger partial charge in [0.2, 0.25) is 5.89 Å². The van der Waals surface area contributed by atoms with Crippen molar-refractivity contribution in [3.63, 3.8) is 0 Å². The summed E-state index contributed by atoms with van der Waals surface area (Å²) in [5.74, 6) is 1.89. The number of aromatic nitrogens is 4. The first-order valence-corrected chi connectivity index (χ1v) is 9.94. The third-order valence-electron chi connectivity index (χ3n) is 5.40. The largest absolute Gasteiger partial charge is 0.381 e. The standard InChI is InChI=1S/C19H27N5O4/c1-23-11-16(20-13-23)19(25)24-6-2-15(10-24)18-21-17(22-28-18)5-9-27-12-14-3-7-26-8-4-14/h11,13-15H,2-10,12H2,1H3. The molecular weight excluding hydrogens is 362 g/mol. The molecule has 9 heteroatoms. The van der Waals surface area contributed by atoms with Crippen LogP contribution in [-0.4, -0.2) is 70.0 Å². The van der Waals surface area contributed by atoms with Gasteiger partial charge in [0.15, 0.2) is 5.82 Å². The monoisotopic (exact) mass is 389 g/mol. The summed E-state index contributed by atoms with van der Waals surface area (Å²) >= 11 is 0. The fourth-order valence-corrected chi connectivity index (χ4v) is 3.69. The maximum atomic E-state index is 12.5. The number of imidazole rings is 1. The third-order valence-corrected chi connectivity index (χ3v) is 5.40. The van der Waals surface area contributed by atoms with Crippen molar-refractivity contribution in [2.45, 2.75) is 31.6 Å². The first kappa shape index (κ1) is 19.1. The Morgan fingerprint density at radius 1 is 1.32 bits per heavy atom. The molecule has 2 aromatic rings. The van der Waals surface area contributed by atoms with E-state index in [1.165, 1.54) is 0 Å². The molecule has 1 amide bonds. The van der Waals surface area contributed by atoms with E-state index in [4.69, 9.17) is 14.0 Å². The number of nitrogens with zero attached hydrogens (tertiary/aromatic N) is 5. The number of likely N-dealkylation sites (tertiary alicyclic amines) is 1. The van der Waals surface area contributed by atoms with Crippen LogP contribution in [-0.2, 0) is 22.9 Å². The van der Waals surface area contributed by atoms with E-state index in [1.807, 2.05) is 7.05 Å². The fourth-order valence-electron chi connectivity index (χ4n) is 3.69. The molecule has 0 N–H and O–H groups in total. The molecule has 2 aliphatic heterocycles. The summed E-state index contributed by atoms with van der Waals surface area (Å²) in [6, 6.07) is 0. The lowest BCUT2D eigenvalue weighted by Gasteiger charge is -2.21. The van der Waals surface area contributed by atoms with Gasteiger partial charge in [-0.2, -0.15) is 4.98 Å². The highest BCUT2D eigenvalue weighted by molar-refractivity contribution is 5.92. The van der Waals surface area contributed by atoms with Gasteiger partial charge in [-0.1, -0.05) is 5.16 Å². The Morgan fingerprint density at radius 2 is 2.18 bits per heavy atom. The summed E-state index contributed by atoms with van der Waals surface area (Å²) in [5.41, 5.74) is 0.469. The second-order valence-electron chi connectivity index (χ2n) is 7.59. The van der Waals surface area contributed by atoms with Crippen LogP contribution < -0.4 is 0 Å². The molecule has 152 valence electrons. The van der Waals surface area contributed by atoms with Gasteiger partial charge in [-0.05, 0) is 25.2 Å². The van der Waals surface area contributed by atoms with Gasteiger partial charge in [-0.15, -0.1) is 0 Å². The van der Waals surface area contributed by atoms with Crippen LogP contribution in [0.25, 0.3) is 0 Å². The van der Waals surface area contributed by atoms with Gasteiger partial charge in [-0.25, -0.2) is 4.98 Å². The van der Waals surface area contributed by atoms with E-state index in [9.17, 15) is 4.79 Å². The summed E-state index contributed by atoms with van der Waals surface area (Å²) in [4.78, 5) is 23.0. The van der Waals surface area contributed by atoms with Gasteiger partial charge in [0.1, 0.15) is 5.69 Å². The number of rotatable bonds is 7. The van der Waals surface area contributed by atoms with Crippen LogP contribution >= 0.6 is 0 Å². The highest BCUT2D eigenvalue weighted by Gasteiger charge is 2.32. The van der Waals surface area contributed by atoms with Crippen LogP contribution in [0.1, 0.15) is 47.4 Å². The van der Waals surface area contributed by atoms with Gasteiger partial charge in [-0.3, -0.25) is 4.79 Å². The highest BCUT2D eigenvalue weighted by Crippen LogP contribution is 2.27. The zero-order valence-electron chi connectivity index (χ0n) is 16.2. The summed E-state index contributed by atoms with van der Waals surface area (Å²) in [6.07, 6.45) is 6.97. The van der Waals surface area contributed by atoms with Crippen molar-refractivity contribution in [2.75, 3.05) is 39.5 Å². The second-order valence-corrected chi connectivity index (χ2v) is 7.59. The van der Waals surface area contributed by atoms with Crippen LogP contribution in [0.3, 0.4) is 0 Å². The lowest BCUT2D eigenvalue weighted by Crippen LogP contribution is -2.28. The van der Waals surface area contributed by atoms with E-state index >= 15 is 0 Å². The molecule has 1 unspecified atom stereocenters. The maximum absolute atomic E-state index is 12.5. The van der Waals surface area contributed by atoms with E-state index in [-0.39, 0.29) is 11.8 Å². The van der Waals surface area contributed by atoms with Crippen molar-refractivity contribution in [2.24, 2.45) is 13.0 Å². The number of ether oxygens (including phenoxy) is 2. The van der Waals surface area contributed by atoms with E-state index in [0.29, 0.717) is 49.4 Å². The second kappa shape index (κ2) is 8.83. The average molecular weight is 389 g/mol. The van der Waals surface area contributed by atoms with Crippen LogP contribution in [0, 0.1) is 5.92 Å². The normalized spacial score (nSPS) is 20.8. The molecule has 2 fully saturated rings. The Hall–Kier alpha value is -2.26. The first-order valence-electron chi connectivity index (χ1n) is 9.94. The zero-order valence-corrected chi connectivity index (χ0v) is 16.2. The Morgan fingerprint density at radius 3 is 2.96 bits per heavy atom. The van der Waals surface area contributed by atoms with E-state index in [2.05, 4.69) is 15.1 Å². The lowest BCUT2D eigenvalue weighted by atomic mass is 10.0. The van der Waals surface area contributed by atoms with Gasteiger partial charge >= 0.3 is 0 Å². The highest BCUT2D eigenvalue weighted by atomic mass is 16.5. The van der Waals surface area contributed by atoms with Crippen molar-refractivity contribution in [1.29, 1.82) is 0 Å². The van der Waals surface area contributed by atoms with Crippen LogP contribution in [0.2, 0.25) is 0 Å². The number of amides is 1. The molecular formula is C19H27N5O4. The SMILES string of the molecule is Cn1cnc(C(=O)N2CCC(c3nc(CCOCC4CCOCC4)no3)C2)c1. The molecule has 2 aromatic heterocycles. The smallest absolute Gasteiger partial charge is 0.274 e. The van der Waals surface area contributed by atoms with E-state index in [0.717, 1.165) is 39.1 Å². The van der Waals surface area contributed by atoms with Crippen molar-refractivity contribution in [3.8, 4) is 0 Å². The van der Waals surface area contributed by atoms with Gasteiger partial charge in [0.25, 0.3) is 5.91 Å². The molecule has 0 bridgehead atoms. The number of hydrogen-bond donors (Lipinski definition) is 0. The van der Waals surface area contributed by atoms with Crippen LogP contribution in [0.4, 0.5) is 0 Å². The third kappa shape index (κ3) is 4.59. The molecule has 0 spiro atoms. The van der Waals surface area contributed by atoms with Crippen LogP contribution in [0.15, 0.2) is 17.0 Å². The van der Waals surface area contributed by atoms with Gasteiger partial charge in [0.05, 0.1) is 18.9 Å². The average Bonchev–Trinajstić information content (AvgIpc) is 3.46.